The van der Waals surface area contributed by atoms with E-state index in [4.69, 9.17) is 9.29 Å². The molecule has 1 saturated carbocycles. The molecule has 2 aliphatic rings. The van der Waals surface area contributed by atoms with Crippen LogP contribution in [0.1, 0.15) is 44.6 Å². The zero-order chi connectivity index (χ0) is 21.1. The van der Waals surface area contributed by atoms with Crippen LogP contribution in [0.15, 0.2) is 39.1 Å². The molecule has 0 radical (unpaired) electrons. The number of benzene rings is 1. The summed E-state index contributed by atoms with van der Waals surface area (Å²) in [6, 6.07) is 9.38. The van der Waals surface area contributed by atoms with Crippen LogP contribution < -0.4 is 0 Å². The monoisotopic (exact) mass is 423 g/mol. The van der Waals surface area contributed by atoms with Crippen molar-refractivity contribution in [1.29, 1.82) is 0 Å². The number of nitrogens with zero attached hydrogens (tertiary/aromatic N) is 3. The molecule has 0 aromatic heterocycles. The molecule has 1 unspecified atom stereocenters. The second-order valence-corrected chi connectivity index (χ2v) is 9.09. The van der Waals surface area contributed by atoms with Crippen LogP contribution in [0, 0.1) is 6.92 Å². The highest BCUT2D eigenvalue weighted by molar-refractivity contribution is 7.85. The zero-order valence-electron chi connectivity index (χ0n) is 17.5. The van der Waals surface area contributed by atoms with Gasteiger partial charge in [0.25, 0.3) is 10.1 Å². The lowest BCUT2D eigenvalue weighted by molar-refractivity contribution is -0.0169. The fraction of sp³-hybridized carbons (Fsp3) is 0.667. The Morgan fingerprint density at radius 3 is 2.52 bits per heavy atom. The third-order valence-electron chi connectivity index (χ3n) is 5.06. The summed E-state index contributed by atoms with van der Waals surface area (Å²) in [5.74, 6) is 0. The normalized spacial score (nSPS) is 20.9. The van der Waals surface area contributed by atoms with Gasteiger partial charge in [-0.15, -0.1) is 0 Å². The SMILES string of the molecule is CC1CN(CCN=C=NC2CCCCC2)CCO1.Cc1ccc(S(=O)(=O)O)cc1. The molecule has 1 saturated heterocycles. The molecule has 1 heterocycles. The molecule has 1 aliphatic heterocycles. The summed E-state index contributed by atoms with van der Waals surface area (Å²) in [7, 11) is -4.02. The molecule has 0 bridgehead atoms. The van der Waals surface area contributed by atoms with Crippen LogP contribution >= 0.6 is 0 Å². The van der Waals surface area contributed by atoms with Gasteiger partial charge < -0.3 is 4.74 Å². The highest BCUT2D eigenvalue weighted by atomic mass is 32.2. The quantitative estimate of drug-likeness (QED) is 0.578. The Morgan fingerprint density at radius 1 is 1.21 bits per heavy atom. The first-order chi connectivity index (χ1) is 13.8. The summed E-state index contributed by atoms with van der Waals surface area (Å²) >= 11 is 0. The maximum absolute atomic E-state index is 10.5. The molecule has 3 rings (SSSR count). The van der Waals surface area contributed by atoms with Crippen molar-refractivity contribution in [2.45, 2.75) is 63.0 Å². The Labute approximate surface area is 174 Å². The van der Waals surface area contributed by atoms with Crippen LogP contribution in [0.3, 0.4) is 0 Å². The first kappa shape index (κ1) is 23.7. The summed E-state index contributed by atoms with van der Waals surface area (Å²) in [6.07, 6.45) is 6.83. The lowest BCUT2D eigenvalue weighted by Gasteiger charge is -2.30. The van der Waals surface area contributed by atoms with Gasteiger partial charge in [0.2, 0.25) is 0 Å². The average Bonchev–Trinajstić information content (AvgIpc) is 2.69. The summed E-state index contributed by atoms with van der Waals surface area (Å²) in [5, 5.41) is 0. The molecule has 162 valence electrons. The maximum Gasteiger partial charge on any atom is 0.294 e. The van der Waals surface area contributed by atoms with Gasteiger partial charge in [0.1, 0.15) is 0 Å². The smallest absolute Gasteiger partial charge is 0.294 e. The van der Waals surface area contributed by atoms with E-state index in [0.29, 0.717) is 12.1 Å². The van der Waals surface area contributed by atoms with Crippen LogP contribution in [0.4, 0.5) is 0 Å². The lowest BCUT2D eigenvalue weighted by Crippen LogP contribution is -2.42. The van der Waals surface area contributed by atoms with Crippen molar-refractivity contribution in [2.75, 3.05) is 32.8 Å². The number of hydrogen-bond donors (Lipinski definition) is 1. The van der Waals surface area contributed by atoms with Crippen LogP contribution in [0.25, 0.3) is 0 Å². The lowest BCUT2D eigenvalue weighted by atomic mass is 9.96. The van der Waals surface area contributed by atoms with Crippen molar-refractivity contribution in [3.63, 3.8) is 0 Å². The first-order valence-electron chi connectivity index (χ1n) is 10.3. The van der Waals surface area contributed by atoms with E-state index in [-0.39, 0.29) is 4.90 Å². The van der Waals surface area contributed by atoms with E-state index in [2.05, 4.69) is 27.8 Å². The first-order valence-corrected chi connectivity index (χ1v) is 11.8. The van der Waals surface area contributed by atoms with Crippen LogP contribution in [-0.4, -0.2) is 68.8 Å². The molecule has 29 heavy (non-hydrogen) atoms. The average molecular weight is 424 g/mol. The fourth-order valence-electron chi connectivity index (χ4n) is 3.38. The van der Waals surface area contributed by atoms with Crippen molar-refractivity contribution < 1.29 is 17.7 Å². The molecule has 1 aromatic rings. The summed E-state index contributed by atoms with van der Waals surface area (Å²) in [5.41, 5.74) is 0.956. The van der Waals surface area contributed by atoms with E-state index in [1.54, 1.807) is 12.1 Å². The molecule has 1 atom stereocenters. The van der Waals surface area contributed by atoms with Gasteiger partial charge in [0, 0.05) is 19.6 Å². The highest BCUT2D eigenvalue weighted by Gasteiger charge is 2.15. The Morgan fingerprint density at radius 2 is 1.90 bits per heavy atom. The Balaban J connectivity index is 0.000000234. The second-order valence-electron chi connectivity index (χ2n) is 7.67. The van der Waals surface area contributed by atoms with E-state index in [0.717, 1.165) is 38.3 Å². The van der Waals surface area contributed by atoms with Crippen molar-refractivity contribution in [3.05, 3.63) is 29.8 Å². The topological polar surface area (TPSA) is 91.6 Å². The van der Waals surface area contributed by atoms with E-state index in [1.165, 1.54) is 44.2 Å². The van der Waals surface area contributed by atoms with E-state index in [9.17, 15) is 8.42 Å². The van der Waals surface area contributed by atoms with Gasteiger partial charge in [-0.1, -0.05) is 37.0 Å². The molecule has 0 amide bonds. The van der Waals surface area contributed by atoms with Gasteiger partial charge in [-0.25, -0.2) is 9.98 Å². The number of morpholine rings is 1. The molecule has 7 nitrogen and oxygen atoms in total. The Kier molecular flexibility index (Phi) is 9.97. The minimum absolute atomic E-state index is 0.0666. The predicted molar refractivity (Wildman–Crippen MR) is 114 cm³/mol. The highest BCUT2D eigenvalue weighted by Crippen LogP contribution is 2.19. The number of rotatable bonds is 5. The van der Waals surface area contributed by atoms with Gasteiger partial charge in [-0.05, 0) is 38.8 Å². The third kappa shape index (κ3) is 9.65. The molecular formula is C21H33N3O4S. The van der Waals surface area contributed by atoms with Crippen molar-refractivity contribution in [3.8, 4) is 0 Å². The maximum atomic E-state index is 10.5. The summed E-state index contributed by atoms with van der Waals surface area (Å²) < 4.78 is 35.1. The largest absolute Gasteiger partial charge is 0.376 e. The van der Waals surface area contributed by atoms with E-state index < -0.39 is 10.1 Å². The molecule has 1 aliphatic carbocycles. The number of aliphatic imine (C=N–C) groups is 2. The molecule has 8 heteroatoms. The van der Waals surface area contributed by atoms with Crippen LogP contribution in [0.5, 0.6) is 0 Å². The summed E-state index contributed by atoms with van der Waals surface area (Å²) in [4.78, 5) is 11.0. The predicted octanol–water partition coefficient (Wildman–Crippen LogP) is 3.46. The molecule has 2 fully saturated rings. The number of hydrogen-bond acceptors (Lipinski definition) is 6. The van der Waals surface area contributed by atoms with Gasteiger partial charge >= 0.3 is 0 Å². The van der Waals surface area contributed by atoms with Gasteiger partial charge in [-0.2, -0.15) is 8.42 Å². The molecule has 1 aromatic carbocycles. The van der Waals surface area contributed by atoms with Crippen LogP contribution in [0.2, 0.25) is 0 Å². The third-order valence-corrected chi connectivity index (χ3v) is 5.93. The van der Waals surface area contributed by atoms with Gasteiger partial charge in [0.15, 0.2) is 0 Å². The second kappa shape index (κ2) is 12.2. The fourth-order valence-corrected chi connectivity index (χ4v) is 3.86. The van der Waals surface area contributed by atoms with E-state index >= 15 is 0 Å². The zero-order valence-corrected chi connectivity index (χ0v) is 18.3. The van der Waals surface area contributed by atoms with Gasteiger partial charge in [-0.3, -0.25) is 9.45 Å². The standard InChI is InChI=1S/C14H25N3O.C7H8O3S/c1-13-11-17(9-10-18-13)8-7-15-12-16-14-5-3-2-4-6-14;1-6-2-4-7(5-3-6)11(8,9)10/h13-14H,2-11H2,1H3;2-5H,1H3,(H,8,9,10). The Bertz CT molecular complexity index is 768. The van der Waals surface area contributed by atoms with Crippen molar-refractivity contribution >= 4 is 16.1 Å². The number of aryl methyl sites for hydroxylation is 1. The molecule has 0 spiro atoms. The molecular weight excluding hydrogens is 390 g/mol. The molecule has 1 N–H and O–H groups in total. The van der Waals surface area contributed by atoms with Crippen molar-refractivity contribution in [1.82, 2.24) is 4.90 Å². The number of ether oxygens (including phenoxy) is 1. The minimum Gasteiger partial charge on any atom is -0.376 e. The van der Waals surface area contributed by atoms with Gasteiger partial charge in [0.05, 0.1) is 36.2 Å². The Hall–Kier alpha value is -1.57. The van der Waals surface area contributed by atoms with Crippen LogP contribution in [-0.2, 0) is 14.9 Å². The van der Waals surface area contributed by atoms with E-state index in [1.807, 2.05) is 6.92 Å². The minimum atomic E-state index is -4.02. The summed E-state index contributed by atoms with van der Waals surface area (Å²) in [6.45, 7) is 8.67. The van der Waals surface area contributed by atoms with Crippen molar-refractivity contribution in [2.24, 2.45) is 9.98 Å².